The minimum atomic E-state index is -0.712. The molecule has 0 saturated heterocycles. The SMILES string of the molecule is CCOC(=O)c1ccc(NC(=O)C[C@H]2[C@H](C)Cc3cc(Br)cc4[nH]c(=O)c(=O)n2c34)cc1. The smallest absolute Gasteiger partial charge is 0.338 e. The van der Waals surface area contributed by atoms with Crippen molar-refractivity contribution in [3.63, 3.8) is 0 Å². The highest BCUT2D eigenvalue weighted by Crippen LogP contribution is 2.35. The maximum atomic E-state index is 12.8. The summed E-state index contributed by atoms with van der Waals surface area (Å²) in [5, 5.41) is 2.81. The maximum Gasteiger partial charge on any atom is 0.338 e. The standard InChI is InChI=1S/C23H22BrN3O5/c1-3-32-23(31)13-4-6-16(7-5-13)25-19(28)11-18-12(2)8-14-9-15(24)10-17-20(14)27(18)22(30)21(29)26-17/h4-7,9-10,12,18H,3,8,11H2,1-2H3,(H,25,28)(H,26,29)/t12-,18+/m1/s1. The number of rotatable bonds is 5. The second-order valence-corrected chi connectivity index (χ2v) is 8.80. The Kier molecular flexibility index (Phi) is 6.01. The molecule has 0 fully saturated rings. The molecule has 0 saturated carbocycles. The van der Waals surface area contributed by atoms with Crippen LogP contribution < -0.4 is 16.4 Å². The Labute approximate surface area is 191 Å². The van der Waals surface area contributed by atoms with E-state index in [0.29, 0.717) is 28.7 Å². The average molecular weight is 500 g/mol. The first-order valence-electron chi connectivity index (χ1n) is 10.3. The number of aromatic nitrogens is 2. The lowest BCUT2D eigenvalue weighted by molar-refractivity contribution is -0.117. The van der Waals surface area contributed by atoms with Crippen molar-refractivity contribution in [1.29, 1.82) is 0 Å². The highest BCUT2D eigenvalue weighted by Gasteiger charge is 2.31. The van der Waals surface area contributed by atoms with Crippen molar-refractivity contribution in [1.82, 2.24) is 9.55 Å². The summed E-state index contributed by atoms with van der Waals surface area (Å²) in [6.07, 6.45) is 0.711. The predicted molar refractivity (Wildman–Crippen MR) is 124 cm³/mol. The van der Waals surface area contributed by atoms with Crippen molar-refractivity contribution in [3.05, 3.63) is 72.7 Å². The lowest BCUT2D eigenvalue weighted by Crippen LogP contribution is -2.43. The number of aromatic amines is 1. The number of amides is 1. The van der Waals surface area contributed by atoms with E-state index in [-0.39, 0.29) is 24.9 Å². The third-order valence-electron chi connectivity index (χ3n) is 5.66. The fraction of sp³-hybridized carbons (Fsp3) is 0.304. The van der Waals surface area contributed by atoms with Gasteiger partial charge < -0.3 is 15.0 Å². The number of nitrogens with zero attached hydrogens (tertiary/aromatic N) is 1. The normalized spacial score (nSPS) is 17.2. The summed E-state index contributed by atoms with van der Waals surface area (Å²) < 4.78 is 7.24. The number of H-pyrrole nitrogens is 1. The van der Waals surface area contributed by atoms with E-state index < -0.39 is 23.1 Å². The van der Waals surface area contributed by atoms with Crippen LogP contribution in [0.3, 0.4) is 0 Å². The summed E-state index contributed by atoms with van der Waals surface area (Å²) >= 11 is 3.45. The summed E-state index contributed by atoms with van der Waals surface area (Å²) in [7, 11) is 0. The Balaban J connectivity index is 1.61. The van der Waals surface area contributed by atoms with Crippen molar-refractivity contribution in [2.45, 2.75) is 32.7 Å². The second-order valence-electron chi connectivity index (χ2n) is 7.89. The highest BCUT2D eigenvalue weighted by atomic mass is 79.9. The average Bonchev–Trinajstić information content (AvgIpc) is 2.73. The van der Waals surface area contributed by atoms with Gasteiger partial charge in [0.25, 0.3) is 0 Å². The first-order valence-corrected chi connectivity index (χ1v) is 11.1. The number of nitrogens with one attached hydrogen (secondary N) is 2. The molecule has 4 rings (SSSR count). The molecular weight excluding hydrogens is 478 g/mol. The van der Waals surface area contributed by atoms with Crippen LogP contribution in [-0.4, -0.2) is 28.0 Å². The highest BCUT2D eigenvalue weighted by molar-refractivity contribution is 9.10. The summed E-state index contributed by atoms with van der Waals surface area (Å²) in [6.45, 7) is 3.98. The molecule has 8 nitrogen and oxygen atoms in total. The summed E-state index contributed by atoms with van der Waals surface area (Å²) in [5.74, 6) is -0.743. The van der Waals surface area contributed by atoms with E-state index in [0.717, 1.165) is 10.0 Å². The first-order chi connectivity index (χ1) is 15.3. The maximum absolute atomic E-state index is 12.8. The molecular formula is C23H22BrN3O5. The Bertz CT molecular complexity index is 1330. The van der Waals surface area contributed by atoms with E-state index >= 15 is 0 Å². The first kappa shape index (κ1) is 22.0. The molecule has 1 amide bonds. The molecule has 2 atom stereocenters. The van der Waals surface area contributed by atoms with Gasteiger partial charge in [0.2, 0.25) is 5.91 Å². The van der Waals surface area contributed by atoms with Gasteiger partial charge in [-0.25, -0.2) is 4.79 Å². The van der Waals surface area contributed by atoms with Crippen molar-refractivity contribution >= 4 is 44.5 Å². The fourth-order valence-electron chi connectivity index (χ4n) is 4.23. The van der Waals surface area contributed by atoms with E-state index in [1.165, 1.54) is 4.57 Å². The molecule has 32 heavy (non-hydrogen) atoms. The molecule has 2 heterocycles. The number of hydrogen-bond donors (Lipinski definition) is 2. The lowest BCUT2D eigenvalue weighted by Gasteiger charge is -2.32. The van der Waals surface area contributed by atoms with Gasteiger partial charge in [-0.3, -0.25) is 19.0 Å². The Morgan fingerprint density at radius 1 is 1.22 bits per heavy atom. The zero-order valence-electron chi connectivity index (χ0n) is 17.6. The molecule has 1 aliphatic heterocycles. The van der Waals surface area contributed by atoms with Gasteiger partial charge in [0.15, 0.2) is 0 Å². The van der Waals surface area contributed by atoms with Crippen LogP contribution in [0.4, 0.5) is 5.69 Å². The van der Waals surface area contributed by atoms with Crippen molar-refractivity contribution in [3.8, 4) is 0 Å². The summed E-state index contributed by atoms with van der Waals surface area (Å²) in [4.78, 5) is 52.3. The molecule has 2 aromatic carbocycles. The zero-order chi connectivity index (χ0) is 23.0. The number of halogens is 1. The number of benzene rings is 2. The predicted octanol–water partition coefficient (Wildman–Crippen LogP) is 3.39. The van der Waals surface area contributed by atoms with E-state index in [2.05, 4.69) is 26.2 Å². The van der Waals surface area contributed by atoms with Crippen LogP contribution in [0.15, 0.2) is 50.5 Å². The van der Waals surface area contributed by atoms with Crippen LogP contribution in [0.1, 0.15) is 42.2 Å². The van der Waals surface area contributed by atoms with E-state index in [1.807, 2.05) is 13.0 Å². The van der Waals surface area contributed by atoms with Gasteiger partial charge in [0.1, 0.15) is 0 Å². The van der Waals surface area contributed by atoms with Gasteiger partial charge in [0.05, 0.1) is 23.2 Å². The molecule has 0 spiro atoms. The van der Waals surface area contributed by atoms with Crippen LogP contribution in [0.5, 0.6) is 0 Å². The number of hydrogen-bond acceptors (Lipinski definition) is 5. The van der Waals surface area contributed by atoms with E-state index in [1.54, 1.807) is 37.3 Å². The third kappa shape index (κ3) is 4.12. The van der Waals surface area contributed by atoms with Crippen LogP contribution >= 0.6 is 15.9 Å². The third-order valence-corrected chi connectivity index (χ3v) is 6.12. The van der Waals surface area contributed by atoms with E-state index in [9.17, 15) is 19.2 Å². The van der Waals surface area contributed by atoms with Crippen LogP contribution in [0, 0.1) is 5.92 Å². The van der Waals surface area contributed by atoms with Crippen molar-refractivity contribution in [2.24, 2.45) is 5.92 Å². The van der Waals surface area contributed by atoms with Gasteiger partial charge in [0, 0.05) is 22.6 Å². The summed E-state index contributed by atoms with van der Waals surface area (Å²) in [5.41, 5.74) is 1.71. The molecule has 0 bridgehead atoms. The number of esters is 1. The Morgan fingerprint density at radius 2 is 1.94 bits per heavy atom. The molecule has 1 aliphatic rings. The Hall–Kier alpha value is -3.20. The van der Waals surface area contributed by atoms with Gasteiger partial charge in [-0.05, 0) is 61.2 Å². The minimum absolute atomic E-state index is 0.0311. The van der Waals surface area contributed by atoms with E-state index in [4.69, 9.17) is 4.74 Å². The molecule has 166 valence electrons. The quantitative estimate of drug-likeness (QED) is 0.412. The number of anilines is 1. The lowest BCUT2D eigenvalue weighted by atomic mass is 9.87. The zero-order valence-corrected chi connectivity index (χ0v) is 19.2. The van der Waals surface area contributed by atoms with Gasteiger partial charge in [-0.1, -0.05) is 22.9 Å². The molecule has 0 aliphatic carbocycles. The molecule has 1 aromatic heterocycles. The number of ether oxygens (including phenoxy) is 1. The van der Waals surface area contributed by atoms with Crippen LogP contribution in [0.25, 0.3) is 11.0 Å². The molecule has 9 heteroatoms. The molecule has 3 aromatic rings. The number of carbonyl (C=O) groups is 2. The van der Waals surface area contributed by atoms with Crippen LogP contribution in [-0.2, 0) is 16.0 Å². The van der Waals surface area contributed by atoms with Crippen molar-refractivity contribution in [2.75, 3.05) is 11.9 Å². The second kappa shape index (κ2) is 8.74. The summed E-state index contributed by atoms with van der Waals surface area (Å²) in [6, 6.07) is 9.64. The minimum Gasteiger partial charge on any atom is -0.462 e. The van der Waals surface area contributed by atoms with Gasteiger partial charge in [-0.2, -0.15) is 0 Å². The fourth-order valence-corrected chi connectivity index (χ4v) is 4.74. The molecule has 0 unspecified atom stereocenters. The van der Waals surface area contributed by atoms with Crippen molar-refractivity contribution < 1.29 is 14.3 Å². The topological polar surface area (TPSA) is 110 Å². The largest absolute Gasteiger partial charge is 0.462 e. The molecule has 0 radical (unpaired) electrons. The monoisotopic (exact) mass is 499 g/mol. The molecule has 2 N–H and O–H groups in total. The van der Waals surface area contributed by atoms with Crippen LogP contribution in [0.2, 0.25) is 0 Å². The number of carbonyl (C=O) groups excluding carboxylic acids is 2. The van der Waals surface area contributed by atoms with Gasteiger partial charge >= 0.3 is 17.1 Å². The Morgan fingerprint density at radius 3 is 2.62 bits per heavy atom. The van der Waals surface area contributed by atoms with Gasteiger partial charge in [-0.15, -0.1) is 0 Å².